The van der Waals surface area contributed by atoms with Crippen LogP contribution in [-0.4, -0.2) is 34.0 Å². The van der Waals surface area contributed by atoms with Crippen LogP contribution in [0.3, 0.4) is 0 Å². The lowest BCUT2D eigenvalue weighted by atomic mass is 10.1. The summed E-state index contributed by atoms with van der Waals surface area (Å²) < 4.78 is 5.48. The summed E-state index contributed by atoms with van der Waals surface area (Å²) in [6, 6.07) is 7.29. The predicted octanol–water partition coefficient (Wildman–Crippen LogP) is 2.90. The quantitative estimate of drug-likeness (QED) is 0.940. The third kappa shape index (κ3) is 3.25. The highest BCUT2D eigenvalue weighted by atomic mass is 35.5. The summed E-state index contributed by atoms with van der Waals surface area (Å²) in [4.78, 5) is 17.5. The second kappa shape index (κ2) is 5.87. The largest absolute Gasteiger partial charge is 0.481 e. The standard InChI is InChI=1S/C15H15ClN2O3/c16-12-3-1-10(2-4-12)14-17-13(9-21-14)8-18-6-5-11(7-18)15(19)20/h1-4,9,11H,5-8H2,(H,19,20). The SMILES string of the molecule is O=C(O)C1CCN(Cc2coc(-c3ccc(Cl)cc3)n2)C1. The van der Waals surface area contributed by atoms with Gasteiger partial charge in [0.1, 0.15) is 6.26 Å². The topological polar surface area (TPSA) is 66.6 Å². The van der Waals surface area contributed by atoms with Crippen molar-refractivity contribution in [3.63, 3.8) is 0 Å². The normalized spacial score (nSPS) is 19.0. The number of rotatable bonds is 4. The number of hydrogen-bond acceptors (Lipinski definition) is 4. The van der Waals surface area contributed by atoms with Gasteiger partial charge in [-0.3, -0.25) is 9.69 Å². The Morgan fingerprint density at radius 2 is 2.19 bits per heavy atom. The minimum atomic E-state index is -0.723. The van der Waals surface area contributed by atoms with E-state index in [1.807, 2.05) is 12.1 Å². The predicted molar refractivity (Wildman–Crippen MR) is 78.0 cm³/mol. The van der Waals surface area contributed by atoms with E-state index in [0.717, 1.165) is 17.8 Å². The van der Waals surface area contributed by atoms with Crippen molar-refractivity contribution in [3.05, 3.63) is 41.2 Å². The molecule has 1 aliphatic heterocycles. The number of carboxylic acid groups (broad SMARTS) is 1. The van der Waals surface area contributed by atoms with E-state index >= 15 is 0 Å². The van der Waals surface area contributed by atoms with Crippen molar-refractivity contribution in [2.75, 3.05) is 13.1 Å². The number of aromatic nitrogens is 1. The molecule has 0 bridgehead atoms. The second-order valence-electron chi connectivity index (χ2n) is 5.21. The van der Waals surface area contributed by atoms with Gasteiger partial charge in [-0.25, -0.2) is 4.98 Å². The molecule has 2 aromatic rings. The van der Waals surface area contributed by atoms with Gasteiger partial charge in [0, 0.05) is 23.7 Å². The number of carboxylic acids is 1. The minimum absolute atomic E-state index is 0.271. The van der Waals surface area contributed by atoms with Crippen LogP contribution in [-0.2, 0) is 11.3 Å². The maximum atomic E-state index is 10.9. The summed E-state index contributed by atoms with van der Waals surface area (Å²) >= 11 is 5.85. The second-order valence-corrected chi connectivity index (χ2v) is 5.65. The van der Waals surface area contributed by atoms with Crippen molar-refractivity contribution in [1.82, 2.24) is 9.88 Å². The highest BCUT2D eigenvalue weighted by Crippen LogP contribution is 2.23. The molecule has 1 N–H and O–H groups in total. The van der Waals surface area contributed by atoms with Crippen LogP contribution in [0.4, 0.5) is 0 Å². The fraction of sp³-hybridized carbons (Fsp3) is 0.333. The molecular weight excluding hydrogens is 292 g/mol. The van der Waals surface area contributed by atoms with Gasteiger partial charge in [-0.1, -0.05) is 11.6 Å². The van der Waals surface area contributed by atoms with Crippen LogP contribution in [0.25, 0.3) is 11.5 Å². The number of oxazole rings is 1. The summed E-state index contributed by atoms with van der Waals surface area (Å²) in [5.74, 6) is -0.442. The van der Waals surface area contributed by atoms with Crippen molar-refractivity contribution >= 4 is 17.6 Å². The van der Waals surface area contributed by atoms with Gasteiger partial charge in [0.15, 0.2) is 0 Å². The number of halogens is 1. The van der Waals surface area contributed by atoms with Gasteiger partial charge in [-0.15, -0.1) is 0 Å². The van der Waals surface area contributed by atoms with Gasteiger partial charge in [-0.05, 0) is 37.2 Å². The fourth-order valence-electron chi connectivity index (χ4n) is 2.51. The minimum Gasteiger partial charge on any atom is -0.481 e. The molecule has 1 aromatic heterocycles. The summed E-state index contributed by atoms with van der Waals surface area (Å²) in [6.45, 7) is 1.96. The van der Waals surface area contributed by atoms with Crippen LogP contribution in [0.2, 0.25) is 5.02 Å². The first-order valence-electron chi connectivity index (χ1n) is 6.77. The highest BCUT2D eigenvalue weighted by Gasteiger charge is 2.28. The molecule has 0 spiro atoms. The third-order valence-corrected chi connectivity index (χ3v) is 3.90. The average molecular weight is 307 g/mol. The van der Waals surface area contributed by atoms with Crippen LogP contribution in [0, 0.1) is 5.92 Å². The molecule has 110 valence electrons. The zero-order chi connectivity index (χ0) is 14.8. The summed E-state index contributed by atoms with van der Waals surface area (Å²) in [6.07, 6.45) is 2.31. The van der Waals surface area contributed by atoms with Crippen molar-refractivity contribution < 1.29 is 14.3 Å². The Labute approximate surface area is 127 Å². The van der Waals surface area contributed by atoms with Gasteiger partial charge in [-0.2, -0.15) is 0 Å². The lowest BCUT2D eigenvalue weighted by Crippen LogP contribution is -2.22. The van der Waals surface area contributed by atoms with E-state index in [2.05, 4.69) is 9.88 Å². The molecule has 2 heterocycles. The Kier molecular flexibility index (Phi) is 3.94. The Morgan fingerprint density at radius 3 is 2.86 bits per heavy atom. The molecule has 1 aromatic carbocycles. The van der Waals surface area contributed by atoms with Crippen molar-refractivity contribution in [2.45, 2.75) is 13.0 Å². The van der Waals surface area contributed by atoms with Crippen LogP contribution in [0.15, 0.2) is 34.9 Å². The third-order valence-electron chi connectivity index (χ3n) is 3.65. The fourth-order valence-corrected chi connectivity index (χ4v) is 2.64. The molecule has 0 radical (unpaired) electrons. The summed E-state index contributed by atoms with van der Waals surface area (Å²) in [7, 11) is 0. The number of carbonyl (C=O) groups is 1. The lowest BCUT2D eigenvalue weighted by molar-refractivity contribution is -0.141. The van der Waals surface area contributed by atoms with E-state index in [1.54, 1.807) is 18.4 Å². The molecule has 1 unspecified atom stereocenters. The first kappa shape index (κ1) is 14.1. The van der Waals surface area contributed by atoms with Crippen molar-refractivity contribution in [1.29, 1.82) is 0 Å². The maximum Gasteiger partial charge on any atom is 0.307 e. The van der Waals surface area contributed by atoms with Crippen LogP contribution < -0.4 is 0 Å². The zero-order valence-electron chi connectivity index (χ0n) is 11.3. The van der Waals surface area contributed by atoms with Crippen molar-refractivity contribution in [2.24, 2.45) is 5.92 Å². The molecule has 0 amide bonds. The Hall–Kier alpha value is -1.85. The van der Waals surface area contributed by atoms with E-state index in [-0.39, 0.29) is 5.92 Å². The van der Waals surface area contributed by atoms with Crippen LogP contribution >= 0.6 is 11.6 Å². The summed E-state index contributed by atoms with van der Waals surface area (Å²) in [5, 5.41) is 9.67. The van der Waals surface area contributed by atoms with Crippen molar-refractivity contribution in [3.8, 4) is 11.5 Å². The average Bonchev–Trinajstić information content (AvgIpc) is 3.10. The van der Waals surface area contributed by atoms with E-state index < -0.39 is 5.97 Å². The number of benzene rings is 1. The van der Waals surface area contributed by atoms with Gasteiger partial charge in [0.05, 0.1) is 11.6 Å². The monoisotopic (exact) mass is 306 g/mol. The maximum absolute atomic E-state index is 10.9. The van der Waals surface area contributed by atoms with E-state index in [4.69, 9.17) is 21.1 Å². The van der Waals surface area contributed by atoms with Crippen LogP contribution in [0.5, 0.6) is 0 Å². The molecule has 21 heavy (non-hydrogen) atoms. The molecule has 1 aliphatic rings. The van der Waals surface area contributed by atoms with Crippen LogP contribution in [0.1, 0.15) is 12.1 Å². The van der Waals surface area contributed by atoms with Gasteiger partial charge in [0.25, 0.3) is 0 Å². The molecule has 3 rings (SSSR count). The first-order chi connectivity index (χ1) is 10.1. The lowest BCUT2D eigenvalue weighted by Gasteiger charge is -2.12. The van der Waals surface area contributed by atoms with Gasteiger partial charge < -0.3 is 9.52 Å². The molecule has 6 heteroatoms. The zero-order valence-corrected chi connectivity index (χ0v) is 12.1. The van der Waals surface area contributed by atoms with E-state index in [1.165, 1.54) is 0 Å². The first-order valence-corrected chi connectivity index (χ1v) is 7.15. The molecular formula is C15H15ClN2O3. The number of nitrogens with zero attached hydrogens (tertiary/aromatic N) is 2. The number of likely N-dealkylation sites (tertiary alicyclic amines) is 1. The molecule has 0 saturated carbocycles. The highest BCUT2D eigenvalue weighted by molar-refractivity contribution is 6.30. The Morgan fingerprint density at radius 1 is 1.43 bits per heavy atom. The van der Waals surface area contributed by atoms with E-state index in [0.29, 0.717) is 30.4 Å². The number of hydrogen-bond donors (Lipinski definition) is 1. The van der Waals surface area contributed by atoms with Gasteiger partial charge in [0.2, 0.25) is 5.89 Å². The number of aliphatic carboxylic acids is 1. The summed E-state index contributed by atoms with van der Waals surface area (Å²) in [5.41, 5.74) is 1.68. The van der Waals surface area contributed by atoms with E-state index in [9.17, 15) is 4.79 Å². The molecule has 1 fully saturated rings. The Bertz CT molecular complexity index is 639. The van der Waals surface area contributed by atoms with Gasteiger partial charge >= 0.3 is 5.97 Å². The smallest absolute Gasteiger partial charge is 0.307 e. The molecule has 5 nitrogen and oxygen atoms in total. The molecule has 1 atom stereocenters. The molecule has 1 saturated heterocycles. The Balaban J connectivity index is 1.66. The molecule has 0 aliphatic carbocycles.